The highest BCUT2D eigenvalue weighted by atomic mass is 16.2. The first-order chi connectivity index (χ1) is 7.27. The molecule has 0 fully saturated rings. The highest BCUT2D eigenvalue weighted by Gasteiger charge is 2.25. The molecule has 0 spiro atoms. The molecule has 0 radical (unpaired) electrons. The highest BCUT2D eigenvalue weighted by molar-refractivity contribution is 6.35. The van der Waals surface area contributed by atoms with Crippen molar-refractivity contribution in [1.29, 1.82) is 0 Å². The normalized spacial score (nSPS) is 10.4. The van der Waals surface area contributed by atoms with E-state index in [0.717, 1.165) is 5.57 Å². The minimum atomic E-state index is -0.564. The first kappa shape index (κ1) is 14.7. The molecule has 0 rings (SSSR count). The van der Waals surface area contributed by atoms with E-state index in [4.69, 9.17) is 0 Å². The first-order valence-electron chi connectivity index (χ1n) is 5.52. The molecule has 1 N–H and O–H groups in total. The molecule has 0 unspecified atom stereocenters. The van der Waals surface area contributed by atoms with Crippen LogP contribution in [-0.2, 0) is 9.59 Å². The second kappa shape index (κ2) is 6.30. The molecule has 0 bridgehead atoms. The van der Waals surface area contributed by atoms with Crippen LogP contribution in [-0.4, -0.2) is 35.3 Å². The van der Waals surface area contributed by atoms with Gasteiger partial charge in [-0.05, 0) is 34.6 Å². The summed E-state index contributed by atoms with van der Waals surface area (Å²) in [5.41, 5.74) is 0.821. The van der Waals surface area contributed by atoms with E-state index < -0.39 is 11.8 Å². The fraction of sp³-hybridized carbons (Fsp3) is 0.667. The Kier molecular flexibility index (Phi) is 5.78. The van der Waals surface area contributed by atoms with Gasteiger partial charge in [0, 0.05) is 18.6 Å². The molecular weight excluding hydrogens is 204 g/mol. The zero-order valence-corrected chi connectivity index (χ0v) is 10.8. The van der Waals surface area contributed by atoms with E-state index in [0.29, 0.717) is 6.54 Å². The van der Waals surface area contributed by atoms with Gasteiger partial charge >= 0.3 is 11.8 Å². The Balaban J connectivity index is 4.50. The van der Waals surface area contributed by atoms with Crippen LogP contribution in [0.15, 0.2) is 12.2 Å². The fourth-order valence-electron chi connectivity index (χ4n) is 1.49. The van der Waals surface area contributed by atoms with Gasteiger partial charge < -0.3 is 10.2 Å². The van der Waals surface area contributed by atoms with Crippen molar-refractivity contribution in [1.82, 2.24) is 10.2 Å². The summed E-state index contributed by atoms with van der Waals surface area (Å²) in [6.07, 6.45) is 0. The summed E-state index contributed by atoms with van der Waals surface area (Å²) in [5, 5.41) is 2.54. The quantitative estimate of drug-likeness (QED) is 0.580. The average Bonchev–Trinajstić information content (AvgIpc) is 2.12. The summed E-state index contributed by atoms with van der Waals surface area (Å²) in [7, 11) is 0. The molecule has 0 saturated carbocycles. The lowest BCUT2D eigenvalue weighted by Crippen LogP contribution is -2.49. The number of nitrogens with one attached hydrogen (secondary N) is 1. The third kappa shape index (κ3) is 4.47. The van der Waals surface area contributed by atoms with Gasteiger partial charge in [0.2, 0.25) is 0 Å². The molecule has 92 valence electrons. The largest absolute Gasteiger partial charge is 0.344 e. The zero-order chi connectivity index (χ0) is 12.9. The van der Waals surface area contributed by atoms with E-state index in [9.17, 15) is 9.59 Å². The van der Waals surface area contributed by atoms with Gasteiger partial charge in [-0.2, -0.15) is 0 Å². The maximum Gasteiger partial charge on any atom is 0.312 e. The van der Waals surface area contributed by atoms with Gasteiger partial charge in [0.25, 0.3) is 0 Å². The van der Waals surface area contributed by atoms with Gasteiger partial charge in [-0.3, -0.25) is 9.59 Å². The third-order valence-corrected chi connectivity index (χ3v) is 2.09. The van der Waals surface area contributed by atoms with Crippen molar-refractivity contribution >= 4 is 11.8 Å². The molecule has 0 aliphatic carbocycles. The maximum atomic E-state index is 11.8. The van der Waals surface area contributed by atoms with Crippen molar-refractivity contribution < 1.29 is 9.59 Å². The van der Waals surface area contributed by atoms with Gasteiger partial charge in [-0.1, -0.05) is 12.2 Å². The van der Waals surface area contributed by atoms with E-state index in [1.54, 1.807) is 11.8 Å². The first-order valence-corrected chi connectivity index (χ1v) is 5.52. The Bertz CT molecular complexity index is 275. The number of hydrogen-bond donors (Lipinski definition) is 1. The Morgan fingerprint density at radius 2 is 1.62 bits per heavy atom. The third-order valence-electron chi connectivity index (χ3n) is 2.09. The van der Waals surface area contributed by atoms with Crippen LogP contribution in [0.3, 0.4) is 0 Å². The number of rotatable bonds is 4. The summed E-state index contributed by atoms with van der Waals surface area (Å²) in [5.74, 6) is -1.04. The van der Waals surface area contributed by atoms with Crippen molar-refractivity contribution in [3.05, 3.63) is 12.2 Å². The van der Waals surface area contributed by atoms with E-state index in [1.807, 2.05) is 27.7 Å². The average molecular weight is 226 g/mol. The van der Waals surface area contributed by atoms with Gasteiger partial charge in [0.05, 0.1) is 0 Å². The van der Waals surface area contributed by atoms with Crippen molar-refractivity contribution in [3.8, 4) is 0 Å². The Morgan fingerprint density at radius 1 is 1.19 bits per heavy atom. The lowest BCUT2D eigenvalue weighted by Gasteiger charge is -2.29. The van der Waals surface area contributed by atoms with Crippen molar-refractivity contribution in [3.63, 3.8) is 0 Å². The molecule has 0 atom stereocenters. The molecule has 0 saturated heterocycles. The lowest BCUT2D eigenvalue weighted by atomic mass is 10.2. The van der Waals surface area contributed by atoms with Crippen LogP contribution in [0.25, 0.3) is 0 Å². The topological polar surface area (TPSA) is 49.4 Å². The SMILES string of the molecule is C=C(C)CNC(=O)C(=O)N(C(C)C)C(C)C. The predicted molar refractivity (Wildman–Crippen MR) is 64.9 cm³/mol. The van der Waals surface area contributed by atoms with Crippen LogP contribution in [0.4, 0.5) is 0 Å². The molecular formula is C12H22N2O2. The number of nitrogens with zero attached hydrogens (tertiary/aromatic N) is 1. The van der Waals surface area contributed by atoms with Gasteiger partial charge in [-0.25, -0.2) is 0 Å². The molecule has 4 nitrogen and oxygen atoms in total. The molecule has 2 amide bonds. The number of amides is 2. The highest BCUT2D eigenvalue weighted by Crippen LogP contribution is 2.05. The van der Waals surface area contributed by atoms with Crippen molar-refractivity contribution in [2.24, 2.45) is 0 Å². The zero-order valence-electron chi connectivity index (χ0n) is 10.8. The number of carbonyl (C=O) groups is 2. The number of carbonyl (C=O) groups excluding carboxylic acids is 2. The van der Waals surface area contributed by atoms with Crippen LogP contribution in [0.5, 0.6) is 0 Å². The van der Waals surface area contributed by atoms with E-state index in [1.165, 1.54) is 0 Å². The summed E-state index contributed by atoms with van der Waals surface area (Å²) in [6, 6.07) is 0.0335. The molecule has 0 aliphatic heterocycles. The molecule has 0 heterocycles. The Hall–Kier alpha value is -1.32. The van der Waals surface area contributed by atoms with Gasteiger partial charge in [0.15, 0.2) is 0 Å². The summed E-state index contributed by atoms with van der Waals surface area (Å²) in [4.78, 5) is 24.9. The van der Waals surface area contributed by atoms with E-state index in [2.05, 4.69) is 11.9 Å². The molecule has 16 heavy (non-hydrogen) atoms. The monoisotopic (exact) mass is 226 g/mol. The minimum Gasteiger partial charge on any atom is -0.344 e. The molecule has 4 heteroatoms. The smallest absolute Gasteiger partial charge is 0.312 e. The summed E-state index contributed by atoms with van der Waals surface area (Å²) < 4.78 is 0. The van der Waals surface area contributed by atoms with Crippen LogP contribution in [0, 0.1) is 0 Å². The van der Waals surface area contributed by atoms with Gasteiger partial charge in [-0.15, -0.1) is 0 Å². The second-order valence-electron chi connectivity index (χ2n) is 4.54. The van der Waals surface area contributed by atoms with Crippen LogP contribution < -0.4 is 5.32 Å². The Morgan fingerprint density at radius 3 is 1.94 bits per heavy atom. The van der Waals surface area contributed by atoms with Gasteiger partial charge in [0.1, 0.15) is 0 Å². The van der Waals surface area contributed by atoms with Crippen LogP contribution >= 0.6 is 0 Å². The predicted octanol–water partition coefficient (Wildman–Crippen LogP) is 1.32. The fourth-order valence-corrected chi connectivity index (χ4v) is 1.49. The summed E-state index contributed by atoms with van der Waals surface area (Å²) >= 11 is 0. The molecule has 0 aliphatic rings. The second-order valence-corrected chi connectivity index (χ2v) is 4.54. The van der Waals surface area contributed by atoms with E-state index in [-0.39, 0.29) is 12.1 Å². The summed E-state index contributed by atoms with van der Waals surface area (Å²) in [6.45, 7) is 13.4. The van der Waals surface area contributed by atoms with Crippen LogP contribution in [0.2, 0.25) is 0 Å². The maximum absolute atomic E-state index is 11.8. The van der Waals surface area contributed by atoms with Crippen LogP contribution in [0.1, 0.15) is 34.6 Å². The standard InChI is InChI=1S/C12H22N2O2/c1-8(2)7-13-11(15)12(16)14(9(3)4)10(5)6/h9-10H,1,7H2,2-6H3,(H,13,15). The van der Waals surface area contributed by atoms with Crippen molar-refractivity contribution in [2.75, 3.05) is 6.54 Å². The van der Waals surface area contributed by atoms with E-state index >= 15 is 0 Å². The molecule has 0 aromatic heterocycles. The lowest BCUT2D eigenvalue weighted by molar-refractivity contribution is -0.148. The molecule has 0 aromatic rings. The minimum absolute atomic E-state index is 0.0167. The number of hydrogen-bond acceptors (Lipinski definition) is 2. The van der Waals surface area contributed by atoms with Crippen molar-refractivity contribution in [2.45, 2.75) is 46.7 Å². The molecule has 0 aromatic carbocycles. The Labute approximate surface area is 97.7 Å².